The maximum absolute atomic E-state index is 11.9. The van der Waals surface area contributed by atoms with Crippen LogP contribution in [0.2, 0.25) is 0 Å². The molecule has 0 aromatic heterocycles. The standard InChI is InChI=1S/C15H24N2O/c1-12(11-16)7-6-10-17-15(18)13(2)14-8-4-3-5-9-14/h3-5,8-9,12-13H,6-7,10-11,16H2,1-2H3,(H,17,18). The summed E-state index contributed by atoms with van der Waals surface area (Å²) >= 11 is 0. The van der Waals surface area contributed by atoms with Crippen molar-refractivity contribution in [2.75, 3.05) is 13.1 Å². The van der Waals surface area contributed by atoms with Gasteiger partial charge in [-0.05, 0) is 37.8 Å². The van der Waals surface area contributed by atoms with Gasteiger partial charge in [0, 0.05) is 6.54 Å². The zero-order valence-electron chi connectivity index (χ0n) is 11.4. The second-order valence-corrected chi connectivity index (χ2v) is 4.91. The quantitative estimate of drug-likeness (QED) is 0.727. The fourth-order valence-corrected chi connectivity index (χ4v) is 1.83. The summed E-state index contributed by atoms with van der Waals surface area (Å²) in [6.07, 6.45) is 2.06. The molecule has 2 atom stereocenters. The lowest BCUT2D eigenvalue weighted by Crippen LogP contribution is -2.29. The van der Waals surface area contributed by atoms with Gasteiger partial charge in [0.2, 0.25) is 5.91 Å². The Kier molecular flexibility index (Phi) is 6.44. The van der Waals surface area contributed by atoms with E-state index in [9.17, 15) is 4.79 Å². The van der Waals surface area contributed by atoms with Gasteiger partial charge in [0.1, 0.15) is 0 Å². The molecule has 18 heavy (non-hydrogen) atoms. The van der Waals surface area contributed by atoms with Gasteiger partial charge >= 0.3 is 0 Å². The van der Waals surface area contributed by atoms with Crippen LogP contribution in [-0.2, 0) is 4.79 Å². The molecule has 0 saturated carbocycles. The van der Waals surface area contributed by atoms with Crippen LogP contribution in [0.15, 0.2) is 30.3 Å². The van der Waals surface area contributed by atoms with Gasteiger partial charge in [0.05, 0.1) is 5.92 Å². The van der Waals surface area contributed by atoms with Crippen LogP contribution in [-0.4, -0.2) is 19.0 Å². The SMILES string of the molecule is CC(CN)CCCNC(=O)C(C)c1ccccc1. The topological polar surface area (TPSA) is 55.1 Å². The van der Waals surface area contributed by atoms with E-state index in [2.05, 4.69) is 12.2 Å². The van der Waals surface area contributed by atoms with E-state index in [0.29, 0.717) is 12.5 Å². The minimum Gasteiger partial charge on any atom is -0.356 e. The zero-order chi connectivity index (χ0) is 13.4. The van der Waals surface area contributed by atoms with Gasteiger partial charge in [-0.15, -0.1) is 0 Å². The molecule has 100 valence electrons. The van der Waals surface area contributed by atoms with E-state index >= 15 is 0 Å². The number of hydrogen-bond acceptors (Lipinski definition) is 2. The molecule has 0 aliphatic carbocycles. The Bertz CT molecular complexity index is 351. The van der Waals surface area contributed by atoms with Crippen molar-refractivity contribution in [2.24, 2.45) is 11.7 Å². The summed E-state index contributed by atoms with van der Waals surface area (Å²) in [5, 5.41) is 2.98. The van der Waals surface area contributed by atoms with E-state index in [4.69, 9.17) is 5.73 Å². The molecule has 3 N–H and O–H groups in total. The highest BCUT2D eigenvalue weighted by Crippen LogP contribution is 2.14. The first-order chi connectivity index (χ1) is 8.65. The molecule has 0 fully saturated rings. The van der Waals surface area contributed by atoms with Gasteiger partial charge < -0.3 is 11.1 Å². The van der Waals surface area contributed by atoms with Crippen molar-refractivity contribution in [1.29, 1.82) is 0 Å². The first-order valence-electron chi connectivity index (χ1n) is 6.68. The van der Waals surface area contributed by atoms with Crippen LogP contribution in [0.5, 0.6) is 0 Å². The van der Waals surface area contributed by atoms with Crippen molar-refractivity contribution in [1.82, 2.24) is 5.32 Å². The van der Waals surface area contributed by atoms with Crippen molar-refractivity contribution in [3.63, 3.8) is 0 Å². The molecule has 0 radical (unpaired) electrons. The molecule has 0 aliphatic heterocycles. The third-order valence-corrected chi connectivity index (χ3v) is 3.27. The summed E-state index contributed by atoms with van der Waals surface area (Å²) in [5.41, 5.74) is 6.61. The molecule has 1 rings (SSSR count). The average Bonchev–Trinajstić information content (AvgIpc) is 2.43. The first kappa shape index (κ1) is 14.7. The molecular formula is C15H24N2O. The van der Waals surface area contributed by atoms with Crippen LogP contribution >= 0.6 is 0 Å². The number of carbonyl (C=O) groups excluding carboxylic acids is 1. The van der Waals surface area contributed by atoms with Crippen molar-refractivity contribution in [2.45, 2.75) is 32.6 Å². The van der Waals surface area contributed by atoms with E-state index in [1.54, 1.807) is 0 Å². The number of nitrogens with two attached hydrogens (primary N) is 1. The number of rotatable bonds is 7. The van der Waals surface area contributed by atoms with E-state index < -0.39 is 0 Å². The van der Waals surface area contributed by atoms with Crippen LogP contribution in [0.1, 0.15) is 38.2 Å². The molecule has 1 amide bonds. The monoisotopic (exact) mass is 248 g/mol. The Hall–Kier alpha value is -1.35. The molecule has 1 aromatic carbocycles. The molecule has 0 spiro atoms. The van der Waals surface area contributed by atoms with Gasteiger partial charge in [0.15, 0.2) is 0 Å². The van der Waals surface area contributed by atoms with Crippen LogP contribution in [0.4, 0.5) is 0 Å². The Morgan fingerprint density at radius 3 is 2.56 bits per heavy atom. The van der Waals surface area contributed by atoms with Crippen molar-refractivity contribution < 1.29 is 4.79 Å². The number of carbonyl (C=O) groups is 1. The molecule has 0 heterocycles. The third-order valence-electron chi connectivity index (χ3n) is 3.27. The normalized spacial score (nSPS) is 13.9. The molecule has 2 unspecified atom stereocenters. The summed E-state index contributed by atoms with van der Waals surface area (Å²) in [5.74, 6) is 0.549. The number of hydrogen-bond donors (Lipinski definition) is 2. The third kappa shape index (κ3) is 4.88. The van der Waals surface area contributed by atoms with Gasteiger partial charge in [-0.3, -0.25) is 4.79 Å². The largest absolute Gasteiger partial charge is 0.356 e. The Labute approximate surface area is 110 Å². The summed E-state index contributed by atoms with van der Waals surface area (Å²) in [7, 11) is 0. The maximum atomic E-state index is 11.9. The predicted octanol–water partition coefficient (Wildman–Crippen LogP) is 2.28. The summed E-state index contributed by atoms with van der Waals surface area (Å²) in [6.45, 7) is 5.52. The zero-order valence-corrected chi connectivity index (χ0v) is 11.4. The lowest BCUT2D eigenvalue weighted by molar-refractivity contribution is -0.122. The lowest BCUT2D eigenvalue weighted by atomic mass is 10.0. The van der Waals surface area contributed by atoms with E-state index in [1.165, 1.54) is 0 Å². The number of amides is 1. The van der Waals surface area contributed by atoms with Crippen molar-refractivity contribution in [3.05, 3.63) is 35.9 Å². The molecule has 0 bridgehead atoms. The Morgan fingerprint density at radius 2 is 1.94 bits per heavy atom. The smallest absolute Gasteiger partial charge is 0.227 e. The van der Waals surface area contributed by atoms with Crippen LogP contribution in [0.25, 0.3) is 0 Å². The highest BCUT2D eigenvalue weighted by molar-refractivity contribution is 5.83. The Morgan fingerprint density at radius 1 is 1.28 bits per heavy atom. The summed E-state index contributed by atoms with van der Waals surface area (Å²) < 4.78 is 0. The molecule has 3 heteroatoms. The lowest BCUT2D eigenvalue weighted by Gasteiger charge is -2.13. The highest BCUT2D eigenvalue weighted by Gasteiger charge is 2.13. The number of nitrogens with one attached hydrogen (secondary N) is 1. The van der Waals surface area contributed by atoms with Crippen LogP contribution < -0.4 is 11.1 Å². The van der Waals surface area contributed by atoms with Crippen LogP contribution in [0.3, 0.4) is 0 Å². The van der Waals surface area contributed by atoms with Crippen molar-refractivity contribution in [3.8, 4) is 0 Å². The maximum Gasteiger partial charge on any atom is 0.227 e. The van der Waals surface area contributed by atoms with Gasteiger partial charge in [-0.25, -0.2) is 0 Å². The van der Waals surface area contributed by atoms with Crippen molar-refractivity contribution >= 4 is 5.91 Å². The number of benzene rings is 1. The van der Waals surface area contributed by atoms with Gasteiger partial charge in [-0.1, -0.05) is 37.3 Å². The molecule has 0 aliphatic rings. The molecular weight excluding hydrogens is 224 g/mol. The van der Waals surface area contributed by atoms with E-state index in [-0.39, 0.29) is 11.8 Å². The molecule has 3 nitrogen and oxygen atoms in total. The Balaban J connectivity index is 2.29. The summed E-state index contributed by atoms with van der Waals surface area (Å²) in [6, 6.07) is 9.86. The summed E-state index contributed by atoms with van der Waals surface area (Å²) in [4.78, 5) is 11.9. The van der Waals surface area contributed by atoms with E-state index in [1.807, 2.05) is 37.3 Å². The minimum atomic E-state index is -0.0851. The second-order valence-electron chi connectivity index (χ2n) is 4.91. The molecule has 0 saturated heterocycles. The van der Waals surface area contributed by atoms with Crippen LogP contribution in [0, 0.1) is 5.92 Å². The van der Waals surface area contributed by atoms with Gasteiger partial charge in [-0.2, -0.15) is 0 Å². The predicted molar refractivity (Wildman–Crippen MR) is 75.3 cm³/mol. The minimum absolute atomic E-state index is 0.0851. The van der Waals surface area contributed by atoms with E-state index in [0.717, 1.165) is 24.9 Å². The molecule has 1 aromatic rings. The highest BCUT2D eigenvalue weighted by atomic mass is 16.1. The fraction of sp³-hybridized carbons (Fsp3) is 0.533. The first-order valence-corrected chi connectivity index (χ1v) is 6.68. The van der Waals surface area contributed by atoms with Gasteiger partial charge in [0.25, 0.3) is 0 Å². The fourth-order valence-electron chi connectivity index (χ4n) is 1.83. The average molecular weight is 248 g/mol. The second kappa shape index (κ2) is 7.88.